The molecule has 1 rings (SSSR count). The Morgan fingerprint density at radius 3 is 2.50 bits per heavy atom. The fraction of sp³-hybridized carbons (Fsp3) is 0.250. The van der Waals surface area contributed by atoms with Gasteiger partial charge in [-0.05, 0) is 6.92 Å². The summed E-state index contributed by atoms with van der Waals surface area (Å²) < 4.78 is 32.3. The summed E-state index contributed by atoms with van der Waals surface area (Å²) in [6.07, 6.45) is 0. The highest BCUT2D eigenvalue weighted by Crippen LogP contribution is 2.20. The Bertz CT molecular complexity index is 329. The molecule has 0 spiro atoms. The minimum absolute atomic E-state index is 0.215. The minimum atomic E-state index is -4.53. The lowest BCUT2D eigenvalue weighted by molar-refractivity contribution is 0.553. The molecule has 3 nitrogen and oxygen atoms in total. The van der Waals surface area contributed by atoms with Crippen LogP contribution in [0.2, 0.25) is 0 Å². The van der Waals surface area contributed by atoms with Crippen molar-refractivity contribution in [3.8, 4) is 0 Å². The fourth-order valence-electron chi connectivity index (χ4n) is 0.525. The van der Waals surface area contributed by atoms with Crippen LogP contribution in [0, 0.1) is 6.92 Å². The number of halogens is 1. The van der Waals surface area contributed by atoms with E-state index < -0.39 is 10.2 Å². The van der Waals surface area contributed by atoms with Crippen LogP contribution < -0.4 is 0 Å². The zero-order valence-electron chi connectivity index (χ0n) is 5.04. The summed E-state index contributed by atoms with van der Waals surface area (Å²) in [7, 11) is -4.53. The SMILES string of the molecule is Cc1ncsc1S(=O)(=O)F. The number of aryl methyl sites for hydroxylation is 1. The number of rotatable bonds is 1. The monoisotopic (exact) mass is 181 g/mol. The number of hydrogen-bond acceptors (Lipinski definition) is 4. The molecule has 0 N–H and O–H groups in total. The molecular weight excluding hydrogens is 177 g/mol. The van der Waals surface area contributed by atoms with E-state index in [-0.39, 0.29) is 9.90 Å². The summed E-state index contributed by atoms with van der Waals surface area (Å²) in [6.45, 7) is 1.45. The second kappa shape index (κ2) is 2.28. The van der Waals surface area contributed by atoms with Gasteiger partial charge in [-0.3, -0.25) is 0 Å². The van der Waals surface area contributed by atoms with Crippen molar-refractivity contribution in [1.82, 2.24) is 4.98 Å². The molecule has 1 heterocycles. The first-order chi connectivity index (χ1) is 4.52. The average Bonchev–Trinajstić information content (AvgIpc) is 2.11. The van der Waals surface area contributed by atoms with Crippen LogP contribution in [0.15, 0.2) is 9.72 Å². The van der Waals surface area contributed by atoms with Crippen molar-refractivity contribution in [2.45, 2.75) is 11.1 Å². The Hall–Kier alpha value is -0.490. The first-order valence-corrected chi connectivity index (χ1v) is 4.63. The summed E-state index contributed by atoms with van der Waals surface area (Å²) in [4.78, 5) is 3.58. The number of aromatic nitrogens is 1. The van der Waals surface area contributed by atoms with Gasteiger partial charge in [0.05, 0.1) is 11.2 Å². The Labute approximate surface area is 61.7 Å². The zero-order chi connectivity index (χ0) is 7.78. The molecule has 56 valence electrons. The predicted molar refractivity (Wildman–Crippen MR) is 35.1 cm³/mol. The number of hydrogen-bond donors (Lipinski definition) is 0. The largest absolute Gasteiger partial charge is 0.343 e. The first-order valence-electron chi connectivity index (χ1n) is 2.36. The maximum atomic E-state index is 12.2. The maximum Gasteiger partial charge on any atom is 0.343 e. The summed E-state index contributed by atoms with van der Waals surface area (Å²) in [5, 5.41) is 0. The molecule has 1 aromatic heterocycles. The highest BCUT2D eigenvalue weighted by molar-refractivity contribution is 7.88. The maximum absolute atomic E-state index is 12.2. The van der Waals surface area contributed by atoms with Crippen LogP contribution in [-0.4, -0.2) is 13.4 Å². The van der Waals surface area contributed by atoms with E-state index in [2.05, 4.69) is 4.98 Å². The Morgan fingerprint density at radius 1 is 1.70 bits per heavy atom. The van der Waals surface area contributed by atoms with Crippen molar-refractivity contribution < 1.29 is 12.3 Å². The van der Waals surface area contributed by atoms with Gasteiger partial charge in [0.2, 0.25) is 0 Å². The molecule has 0 amide bonds. The molecule has 0 atom stereocenters. The molecule has 0 aromatic carbocycles. The van der Waals surface area contributed by atoms with Gasteiger partial charge in [0, 0.05) is 0 Å². The molecule has 0 aliphatic rings. The molecule has 0 unspecified atom stereocenters. The van der Waals surface area contributed by atoms with E-state index in [9.17, 15) is 12.3 Å². The Balaban J connectivity index is 3.32. The summed E-state index contributed by atoms with van der Waals surface area (Å²) in [5.74, 6) is 0. The van der Waals surface area contributed by atoms with Crippen LogP contribution in [0.5, 0.6) is 0 Å². The van der Waals surface area contributed by atoms with Crippen LogP contribution >= 0.6 is 11.3 Å². The van der Waals surface area contributed by atoms with Crippen LogP contribution in [0.4, 0.5) is 3.89 Å². The van der Waals surface area contributed by atoms with E-state index in [0.717, 1.165) is 11.3 Å². The summed E-state index contributed by atoms with van der Waals surface area (Å²) >= 11 is 0.782. The lowest BCUT2D eigenvalue weighted by atomic mass is 10.6. The zero-order valence-corrected chi connectivity index (χ0v) is 6.67. The van der Waals surface area contributed by atoms with Crippen molar-refractivity contribution in [2.75, 3.05) is 0 Å². The van der Waals surface area contributed by atoms with E-state index >= 15 is 0 Å². The Morgan fingerprint density at radius 2 is 2.30 bits per heavy atom. The molecule has 0 aliphatic carbocycles. The standard InChI is InChI=1S/C4H4FNO2S2/c1-3-4(9-2-6-3)10(5,7)8/h2H,1H3. The molecule has 0 aliphatic heterocycles. The fourth-order valence-corrected chi connectivity index (χ4v) is 2.05. The van der Waals surface area contributed by atoms with E-state index in [1.807, 2.05) is 0 Å². The second-order valence-corrected chi connectivity index (χ2v) is 4.06. The third-order valence-electron chi connectivity index (χ3n) is 0.923. The van der Waals surface area contributed by atoms with E-state index in [4.69, 9.17) is 0 Å². The highest BCUT2D eigenvalue weighted by atomic mass is 32.3. The number of thiazole rings is 1. The normalized spacial score (nSPS) is 11.8. The molecule has 6 heteroatoms. The molecule has 0 radical (unpaired) electrons. The van der Waals surface area contributed by atoms with Gasteiger partial charge in [0.15, 0.2) is 4.21 Å². The summed E-state index contributed by atoms with van der Waals surface area (Å²) in [5.41, 5.74) is 1.51. The van der Waals surface area contributed by atoms with E-state index in [0.29, 0.717) is 0 Å². The van der Waals surface area contributed by atoms with Gasteiger partial charge >= 0.3 is 10.2 Å². The van der Waals surface area contributed by atoms with Gasteiger partial charge in [-0.25, -0.2) is 4.98 Å². The second-order valence-electron chi connectivity index (χ2n) is 1.66. The van der Waals surface area contributed by atoms with Gasteiger partial charge in [0.1, 0.15) is 0 Å². The topological polar surface area (TPSA) is 47.0 Å². The molecule has 0 saturated carbocycles. The molecule has 10 heavy (non-hydrogen) atoms. The van der Waals surface area contributed by atoms with E-state index in [1.165, 1.54) is 12.4 Å². The predicted octanol–water partition coefficient (Wildman–Crippen LogP) is 1.11. The van der Waals surface area contributed by atoms with Gasteiger partial charge in [0.25, 0.3) is 0 Å². The van der Waals surface area contributed by atoms with Crippen molar-refractivity contribution in [3.05, 3.63) is 11.2 Å². The van der Waals surface area contributed by atoms with Gasteiger partial charge < -0.3 is 0 Å². The smallest absolute Gasteiger partial charge is 0.249 e. The molecule has 0 bridgehead atoms. The lowest BCUT2D eigenvalue weighted by Crippen LogP contribution is -1.90. The van der Waals surface area contributed by atoms with Gasteiger partial charge in [-0.1, -0.05) is 3.89 Å². The van der Waals surface area contributed by atoms with Crippen molar-refractivity contribution >= 4 is 21.6 Å². The van der Waals surface area contributed by atoms with Crippen molar-refractivity contribution in [2.24, 2.45) is 0 Å². The molecule has 1 aromatic rings. The quantitative estimate of drug-likeness (QED) is 0.610. The Kier molecular flexibility index (Phi) is 1.74. The third kappa shape index (κ3) is 1.32. The van der Waals surface area contributed by atoms with Gasteiger partial charge in [-0.15, -0.1) is 11.3 Å². The molecule has 0 saturated heterocycles. The third-order valence-corrected chi connectivity index (χ3v) is 3.27. The highest BCUT2D eigenvalue weighted by Gasteiger charge is 2.16. The molecular formula is C4H4FNO2S2. The van der Waals surface area contributed by atoms with Crippen LogP contribution in [0.3, 0.4) is 0 Å². The number of nitrogens with zero attached hydrogens (tertiary/aromatic N) is 1. The van der Waals surface area contributed by atoms with Crippen LogP contribution in [0.25, 0.3) is 0 Å². The van der Waals surface area contributed by atoms with Crippen LogP contribution in [-0.2, 0) is 10.2 Å². The lowest BCUT2D eigenvalue weighted by Gasteiger charge is -1.86. The average molecular weight is 181 g/mol. The molecule has 0 fully saturated rings. The minimum Gasteiger partial charge on any atom is -0.249 e. The van der Waals surface area contributed by atoms with Crippen LogP contribution in [0.1, 0.15) is 5.69 Å². The van der Waals surface area contributed by atoms with Gasteiger partial charge in [-0.2, -0.15) is 8.42 Å². The van der Waals surface area contributed by atoms with Crippen molar-refractivity contribution in [3.63, 3.8) is 0 Å². The summed E-state index contributed by atoms with van der Waals surface area (Å²) in [6, 6.07) is 0. The van der Waals surface area contributed by atoms with Crippen molar-refractivity contribution in [1.29, 1.82) is 0 Å². The first kappa shape index (κ1) is 7.62. The van der Waals surface area contributed by atoms with E-state index in [1.54, 1.807) is 0 Å².